The zero-order valence-corrected chi connectivity index (χ0v) is 17.7. The highest BCUT2D eigenvalue weighted by atomic mass is 19.2. The van der Waals surface area contributed by atoms with Crippen LogP contribution in [0.2, 0.25) is 0 Å². The first kappa shape index (κ1) is 20.4. The van der Waals surface area contributed by atoms with Crippen molar-refractivity contribution in [1.82, 2.24) is 0 Å². The molecule has 0 saturated carbocycles. The van der Waals surface area contributed by atoms with Gasteiger partial charge in [0.2, 0.25) is 0 Å². The van der Waals surface area contributed by atoms with Crippen LogP contribution in [0.15, 0.2) is 84.9 Å². The van der Waals surface area contributed by atoms with Crippen LogP contribution in [0.25, 0.3) is 55.2 Å². The predicted molar refractivity (Wildman–Crippen MR) is 132 cm³/mol. The van der Waals surface area contributed by atoms with Crippen molar-refractivity contribution in [3.63, 3.8) is 0 Å². The quantitative estimate of drug-likeness (QED) is 0.0808. The van der Waals surface area contributed by atoms with Gasteiger partial charge in [0, 0.05) is 5.56 Å². The van der Waals surface area contributed by atoms with Crippen LogP contribution in [-0.2, 0) is 0 Å². The second kappa shape index (κ2) is 7.70. The van der Waals surface area contributed by atoms with Gasteiger partial charge in [-0.1, -0.05) is 84.9 Å². The first-order chi connectivity index (χ1) is 16.5. The third-order valence-electron chi connectivity index (χ3n) is 6.32. The van der Waals surface area contributed by atoms with Crippen molar-refractivity contribution < 1.29 is 17.6 Å². The molecule has 34 heavy (non-hydrogen) atoms. The second-order valence-electron chi connectivity index (χ2n) is 8.32. The lowest BCUT2D eigenvalue weighted by Crippen LogP contribution is -1.98. The van der Waals surface area contributed by atoms with Crippen LogP contribution < -0.4 is 0 Å². The van der Waals surface area contributed by atoms with Crippen LogP contribution in [0.4, 0.5) is 17.6 Å². The lowest BCUT2D eigenvalue weighted by atomic mass is 9.92. The van der Waals surface area contributed by atoms with Crippen LogP contribution in [0, 0.1) is 23.3 Å². The summed E-state index contributed by atoms with van der Waals surface area (Å²) in [5.74, 6) is -6.48. The molecule has 0 spiro atoms. The summed E-state index contributed by atoms with van der Waals surface area (Å²) in [4.78, 5) is 0. The molecule has 0 N–H and O–H groups in total. The molecule has 6 aromatic carbocycles. The molecule has 0 unspecified atom stereocenters. The van der Waals surface area contributed by atoms with E-state index < -0.39 is 23.3 Å². The largest absolute Gasteiger partial charge is 0.204 e. The molecule has 0 aliphatic carbocycles. The number of halogens is 4. The minimum atomic E-state index is -1.82. The van der Waals surface area contributed by atoms with Crippen molar-refractivity contribution in [1.29, 1.82) is 0 Å². The van der Waals surface area contributed by atoms with E-state index in [1.807, 2.05) is 36.4 Å². The van der Waals surface area contributed by atoms with Crippen LogP contribution in [0.3, 0.4) is 0 Å². The number of hydrogen-bond acceptors (Lipinski definition) is 0. The molecule has 0 fully saturated rings. The molecule has 0 aliphatic rings. The van der Waals surface area contributed by atoms with E-state index in [2.05, 4.69) is 42.5 Å². The fraction of sp³-hybridized carbons (Fsp3) is 0. The maximum Gasteiger partial charge on any atom is 0.198 e. The maximum atomic E-state index is 14.1. The second-order valence-corrected chi connectivity index (χ2v) is 8.32. The Kier molecular flexibility index (Phi) is 4.63. The van der Waals surface area contributed by atoms with E-state index in [-0.39, 0.29) is 5.56 Å². The zero-order valence-electron chi connectivity index (χ0n) is 17.7. The first-order valence-corrected chi connectivity index (χ1v) is 10.8. The minimum absolute atomic E-state index is 0.356. The number of benzene rings is 6. The Labute approximate surface area is 192 Å². The van der Waals surface area contributed by atoms with Gasteiger partial charge >= 0.3 is 0 Å². The topological polar surface area (TPSA) is 0 Å². The van der Waals surface area contributed by atoms with Crippen molar-refractivity contribution >= 4 is 55.2 Å². The van der Waals surface area contributed by atoms with Gasteiger partial charge in [-0.25, -0.2) is 17.6 Å². The molecule has 0 radical (unpaired) electrons. The molecule has 164 valence electrons. The van der Waals surface area contributed by atoms with Crippen molar-refractivity contribution in [2.45, 2.75) is 0 Å². The van der Waals surface area contributed by atoms with Crippen molar-refractivity contribution in [2.24, 2.45) is 0 Å². The Bertz CT molecular complexity index is 1790. The van der Waals surface area contributed by atoms with Crippen molar-refractivity contribution in [2.75, 3.05) is 0 Å². The molecule has 6 aromatic rings. The molecule has 0 nitrogen and oxygen atoms in total. The standard InChI is InChI=1S/C30H16F4/c31-25-16-22(28(32)30(34)29(25)33)8-6-17-5-7-19-10-12-21-14-13-20-11-9-18-3-1-2-4-23(18)26(20)27(21)24(19)15-17/h1-16H/b8-6-. The number of fused-ring (bicyclic) bond motifs is 7. The number of hydrogen-bond donors (Lipinski definition) is 0. The average Bonchev–Trinajstić information content (AvgIpc) is 2.88. The van der Waals surface area contributed by atoms with E-state index >= 15 is 0 Å². The number of rotatable bonds is 2. The monoisotopic (exact) mass is 452 g/mol. The van der Waals surface area contributed by atoms with Crippen molar-refractivity contribution in [3.05, 3.63) is 119 Å². The van der Waals surface area contributed by atoms with E-state index in [4.69, 9.17) is 0 Å². The van der Waals surface area contributed by atoms with Gasteiger partial charge in [0.1, 0.15) is 0 Å². The molecule has 0 saturated heterocycles. The van der Waals surface area contributed by atoms with Crippen molar-refractivity contribution in [3.8, 4) is 0 Å². The first-order valence-electron chi connectivity index (χ1n) is 10.8. The van der Waals surface area contributed by atoms with Gasteiger partial charge < -0.3 is 0 Å². The highest BCUT2D eigenvalue weighted by Gasteiger charge is 2.17. The summed E-state index contributed by atoms with van der Waals surface area (Å²) < 4.78 is 54.6. The predicted octanol–water partition coefficient (Wildman–Crippen LogP) is 9.03. The molecule has 0 aliphatic heterocycles. The molecule has 0 heterocycles. The van der Waals surface area contributed by atoms with Crippen LogP contribution >= 0.6 is 0 Å². The maximum absolute atomic E-state index is 14.1. The van der Waals surface area contributed by atoms with E-state index in [0.29, 0.717) is 6.07 Å². The van der Waals surface area contributed by atoms with Gasteiger partial charge in [-0.3, -0.25) is 0 Å². The van der Waals surface area contributed by atoms with Crippen LogP contribution in [0.1, 0.15) is 11.1 Å². The smallest absolute Gasteiger partial charge is 0.198 e. The molecule has 0 amide bonds. The van der Waals surface area contributed by atoms with Gasteiger partial charge in [0.15, 0.2) is 23.3 Å². The Morgan fingerprint density at radius 1 is 0.471 bits per heavy atom. The Morgan fingerprint density at radius 2 is 1.06 bits per heavy atom. The third-order valence-corrected chi connectivity index (χ3v) is 6.32. The fourth-order valence-electron chi connectivity index (χ4n) is 4.66. The highest BCUT2D eigenvalue weighted by Crippen LogP contribution is 2.37. The summed E-state index contributed by atoms with van der Waals surface area (Å²) >= 11 is 0. The summed E-state index contributed by atoms with van der Waals surface area (Å²) in [5, 5.41) is 8.81. The lowest BCUT2D eigenvalue weighted by Gasteiger charge is -2.11. The fourth-order valence-corrected chi connectivity index (χ4v) is 4.66. The Morgan fingerprint density at radius 3 is 1.79 bits per heavy atom. The Hall–Kier alpha value is -4.18. The van der Waals surface area contributed by atoms with Gasteiger partial charge in [-0.15, -0.1) is 0 Å². The summed E-state index contributed by atoms with van der Waals surface area (Å²) in [6.07, 6.45) is 2.82. The zero-order chi connectivity index (χ0) is 23.4. The summed E-state index contributed by atoms with van der Waals surface area (Å²) in [6, 6.07) is 27.2. The lowest BCUT2D eigenvalue weighted by molar-refractivity contribution is 0.408. The van der Waals surface area contributed by atoms with Crippen LogP contribution in [0.5, 0.6) is 0 Å². The molecule has 0 aromatic heterocycles. The minimum Gasteiger partial charge on any atom is -0.204 e. The summed E-state index contributed by atoms with van der Waals surface area (Å²) in [5.41, 5.74) is 0.368. The molecule has 4 heteroatoms. The van der Waals surface area contributed by atoms with Gasteiger partial charge in [-0.2, -0.15) is 0 Å². The molecule has 6 rings (SSSR count). The normalized spacial score (nSPS) is 12.0. The van der Waals surface area contributed by atoms with Gasteiger partial charge in [0.25, 0.3) is 0 Å². The third kappa shape index (κ3) is 3.14. The van der Waals surface area contributed by atoms with Gasteiger partial charge in [-0.05, 0) is 60.8 Å². The van der Waals surface area contributed by atoms with Crippen LogP contribution in [-0.4, -0.2) is 0 Å². The Balaban J connectivity index is 1.60. The summed E-state index contributed by atoms with van der Waals surface area (Å²) in [7, 11) is 0. The van der Waals surface area contributed by atoms with Gasteiger partial charge in [0.05, 0.1) is 0 Å². The highest BCUT2D eigenvalue weighted by molar-refractivity contribution is 6.27. The average molecular weight is 452 g/mol. The molecular formula is C30H16F4. The molecule has 0 atom stereocenters. The van der Waals surface area contributed by atoms with E-state index in [1.165, 1.54) is 6.08 Å². The molecular weight excluding hydrogens is 436 g/mol. The SMILES string of the molecule is Fc1cc(/C=C\c2ccc3ccc4ccc5ccc6ccccc6c5c4c3c2)c(F)c(F)c1F. The molecule has 0 bridgehead atoms. The van der Waals surface area contributed by atoms with E-state index in [9.17, 15) is 17.6 Å². The van der Waals surface area contributed by atoms with E-state index in [0.717, 1.165) is 48.7 Å². The van der Waals surface area contributed by atoms with E-state index in [1.54, 1.807) is 6.08 Å². The summed E-state index contributed by atoms with van der Waals surface area (Å²) in [6.45, 7) is 0.